The van der Waals surface area contributed by atoms with Crippen LogP contribution in [0.2, 0.25) is 5.02 Å². The number of imide groups is 1. The van der Waals surface area contributed by atoms with E-state index < -0.39 is 58.9 Å². The fourth-order valence-corrected chi connectivity index (χ4v) is 6.01. The van der Waals surface area contributed by atoms with Crippen molar-refractivity contribution in [1.82, 2.24) is 4.90 Å². The summed E-state index contributed by atoms with van der Waals surface area (Å²) in [7, 11) is 0. The van der Waals surface area contributed by atoms with Crippen LogP contribution < -0.4 is 4.90 Å². The van der Waals surface area contributed by atoms with Crippen molar-refractivity contribution >= 4 is 40.7 Å². The van der Waals surface area contributed by atoms with E-state index in [1.165, 1.54) is 54.8 Å². The number of fused-ring (bicyclic) bond motifs is 3. The maximum absolute atomic E-state index is 13.9. The standard InChI is InChI=1S/C31H20ClF3N2O4/c32-20-12-10-18(11-13-20)28(39)26-25-24(23-16-19(14-15-36(23)26)27(38)17-6-2-1-3-7-17)29(40)37(30(25)41)22-9-5-4-8-21(22)31(33,34)35/h1-16,23-26H/t23-,24-,25-,26+/m1/s1. The van der Waals surface area contributed by atoms with Gasteiger partial charge in [-0.2, -0.15) is 13.2 Å². The molecular formula is C31H20ClF3N2O4. The van der Waals surface area contributed by atoms with E-state index in [9.17, 15) is 32.3 Å². The Labute approximate surface area is 237 Å². The van der Waals surface area contributed by atoms with Crippen LogP contribution in [0.15, 0.2) is 103 Å². The number of ketones is 2. The van der Waals surface area contributed by atoms with Crippen molar-refractivity contribution in [2.75, 3.05) is 4.90 Å². The molecule has 6 nitrogen and oxygen atoms in total. The Morgan fingerprint density at radius 1 is 0.780 bits per heavy atom. The summed E-state index contributed by atoms with van der Waals surface area (Å²) in [6.07, 6.45) is -0.290. The molecule has 2 saturated heterocycles. The highest BCUT2D eigenvalue weighted by Gasteiger charge is 2.64. The molecule has 0 radical (unpaired) electrons. The molecule has 2 fully saturated rings. The van der Waals surface area contributed by atoms with E-state index in [1.54, 1.807) is 35.2 Å². The average Bonchev–Trinajstić information content (AvgIpc) is 3.44. The Bertz CT molecular complexity index is 1650. The quantitative estimate of drug-likeness (QED) is 0.286. The zero-order chi connectivity index (χ0) is 29.1. The number of halogens is 4. The predicted octanol–water partition coefficient (Wildman–Crippen LogP) is 5.74. The molecule has 10 heteroatoms. The Kier molecular flexibility index (Phi) is 6.42. The second-order valence-corrected chi connectivity index (χ2v) is 10.4. The maximum atomic E-state index is 13.9. The minimum absolute atomic E-state index is 0.219. The van der Waals surface area contributed by atoms with E-state index in [0.717, 1.165) is 12.1 Å². The van der Waals surface area contributed by atoms with Crippen molar-refractivity contribution in [2.24, 2.45) is 11.8 Å². The Morgan fingerprint density at radius 2 is 1.41 bits per heavy atom. The number of rotatable bonds is 5. The van der Waals surface area contributed by atoms with Gasteiger partial charge in [0.25, 0.3) is 0 Å². The molecule has 0 aliphatic carbocycles. The van der Waals surface area contributed by atoms with Gasteiger partial charge in [-0.05, 0) is 42.5 Å². The van der Waals surface area contributed by atoms with E-state index in [4.69, 9.17) is 11.6 Å². The average molecular weight is 577 g/mol. The molecule has 6 rings (SSSR count). The molecule has 41 heavy (non-hydrogen) atoms. The van der Waals surface area contributed by atoms with Crippen LogP contribution in [0.5, 0.6) is 0 Å². The molecule has 0 bridgehead atoms. The van der Waals surface area contributed by atoms with Gasteiger partial charge in [-0.3, -0.25) is 19.2 Å². The lowest BCUT2D eigenvalue weighted by Crippen LogP contribution is -2.46. The molecule has 3 aliphatic heterocycles. The number of hydrogen-bond acceptors (Lipinski definition) is 5. The number of amides is 2. The number of Topliss-reactive ketones (excluding diaryl/α,β-unsaturated/α-hetero) is 2. The zero-order valence-corrected chi connectivity index (χ0v) is 21.8. The molecule has 0 spiro atoms. The smallest absolute Gasteiger partial charge is 0.359 e. The van der Waals surface area contributed by atoms with Crippen molar-refractivity contribution in [2.45, 2.75) is 18.3 Å². The summed E-state index contributed by atoms with van der Waals surface area (Å²) in [5.74, 6) is -5.09. The number of para-hydroxylation sites is 1. The van der Waals surface area contributed by atoms with Gasteiger partial charge < -0.3 is 4.90 Å². The van der Waals surface area contributed by atoms with E-state index in [-0.39, 0.29) is 16.9 Å². The summed E-state index contributed by atoms with van der Waals surface area (Å²) < 4.78 is 41.7. The summed E-state index contributed by atoms with van der Waals surface area (Å²) in [6, 6.07) is 16.6. The maximum Gasteiger partial charge on any atom is 0.418 e. The number of carbonyl (C=O) groups excluding carboxylic acids is 4. The van der Waals surface area contributed by atoms with E-state index in [0.29, 0.717) is 15.5 Å². The molecule has 0 N–H and O–H groups in total. The number of carbonyl (C=O) groups is 4. The fraction of sp³-hybridized carbons (Fsp3) is 0.161. The van der Waals surface area contributed by atoms with Gasteiger partial charge in [0.05, 0.1) is 29.1 Å². The summed E-state index contributed by atoms with van der Waals surface area (Å²) in [5, 5.41) is 0.385. The molecule has 0 aromatic heterocycles. The van der Waals surface area contributed by atoms with Crippen molar-refractivity contribution in [3.05, 3.63) is 125 Å². The van der Waals surface area contributed by atoms with Crippen LogP contribution in [0.25, 0.3) is 0 Å². The second-order valence-electron chi connectivity index (χ2n) is 9.97. The SMILES string of the molecule is O=C(C1=C[C@@H]2[C@H]3C(=O)N(c4ccccc4C(F)(F)F)C(=O)[C@H]3[C@@H](C(=O)c3ccc(Cl)cc3)N2C=C1)c1ccccc1. The van der Waals surface area contributed by atoms with Gasteiger partial charge in [-0.25, -0.2) is 4.90 Å². The lowest BCUT2D eigenvalue weighted by atomic mass is 9.85. The van der Waals surface area contributed by atoms with Crippen LogP contribution in [0.3, 0.4) is 0 Å². The van der Waals surface area contributed by atoms with Gasteiger partial charge >= 0.3 is 6.18 Å². The fourth-order valence-electron chi connectivity index (χ4n) is 5.88. The number of anilines is 1. The summed E-state index contributed by atoms with van der Waals surface area (Å²) in [6.45, 7) is 0. The van der Waals surface area contributed by atoms with Crippen molar-refractivity contribution in [3.8, 4) is 0 Å². The van der Waals surface area contributed by atoms with E-state index >= 15 is 0 Å². The van der Waals surface area contributed by atoms with Gasteiger partial charge in [0, 0.05) is 27.9 Å². The minimum atomic E-state index is -4.83. The van der Waals surface area contributed by atoms with E-state index in [1.807, 2.05) is 0 Å². The summed E-state index contributed by atoms with van der Waals surface area (Å²) in [5.41, 5.74) is -0.876. The van der Waals surface area contributed by atoms with Crippen molar-refractivity contribution < 1.29 is 32.3 Å². The molecular weight excluding hydrogens is 557 g/mol. The monoisotopic (exact) mass is 576 g/mol. The Hall–Kier alpha value is -4.50. The number of benzene rings is 3. The molecule has 4 atom stereocenters. The summed E-state index contributed by atoms with van der Waals surface area (Å²) in [4.78, 5) is 56.9. The highest BCUT2D eigenvalue weighted by atomic mass is 35.5. The Balaban J connectivity index is 1.46. The largest absolute Gasteiger partial charge is 0.418 e. The normalized spacial score (nSPS) is 23.4. The third kappa shape index (κ3) is 4.37. The predicted molar refractivity (Wildman–Crippen MR) is 144 cm³/mol. The van der Waals surface area contributed by atoms with Crippen LogP contribution in [-0.4, -0.2) is 40.4 Å². The molecule has 2 amide bonds. The molecule has 0 unspecified atom stereocenters. The minimum Gasteiger partial charge on any atom is -0.359 e. The van der Waals surface area contributed by atoms with Gasteiger partial charge in [0.1, 0.15) is 6.04 Å². The van der Waals surface area contributed by atoms with Crippen molar-refractivity contribution in [3.63, 3.8) is 0 Å². The number of nitrogens with zero attached hydrogens (tertiary/aromatic N) is 2. The van der Waals surface area contributed by atoms with Crippen LogP contribution in [0.1, 0.15) is 26.3 Å². The molecule has 3 aliphatic rings. The zero-order valence-electron chi connectivity index (χ0n) is 21.1. The van der Waals surface area contributed by atoms with Crippen molar-refractivity contribution in [1.29, 1.82) is 0 Å². The lowest BCUT2D eigenvalue weighted by Gasteiger charge is -2.33. The third-order valence-electron chi connectivity index (χ3n) is 7.69. The molecule has 206 valence electrons. The third-order valence-corrected chi connectivity index (χ3v) is 7.95. The van der Waals surface area contributed by atoms with Gasteiger partial charge in [0.2, 0.25) is 11.8 Å². The van der Waals surface area contributed by atoms with Crippen LogP contribution in [0.4, 0.5) is 18.9 Å². The first-order chi connectivity index (χ1) is 19.6. The van der Waals surface area contributed by atoms with Gasteiger partial charge in [-0.15, -0.1) is 0 Å². The number of hydrogen-bond donors (Lipinski definition) is 0. The molecule has 3 heterocycles. The van der Waals surface area contributed by atoms with Gasteiger partial charge in [-0.1, -0.05) is 60.1 Å². The first kappa shape index (κ1) is 26.7. The molecule has 3 aromatic carbocycles. The summed E-state index contributed by atoms with van der Waals surface area (Å²) >= 11 is 5.98. The number of alkyl halides is 3. The topological polar surface area (TPSA) is 74.8 Å². The highest BCUT2D eigenvalue weighted by Crippen LogP contribution is 2.49. The van der Waals surface area contributed by atoms with E-state index in [2.05, 4.69) is 0 Å². The van der Waals surface area contributed by atoms with Crippen LogP contribution >= 0.6 is 11.6 Å². The highest BCUT2D eigenvalue weighted by molar-refractivity contribution is 6.30. The lowest BCUT2D eigenvalue weighted by molar-refractivity contribution is -0.137. The van der Waals surface area contributed by atoms with Crippen LogP contribution in [0, 0.1) is 11.8 Å². The second kappa shape index (κ2) is 9.85. The van der Waals surface area contributed by atoms with Crippen LogP contribution in [-0.2, 0) is 15.8 Å². The number of allylic oxidation sites excluding steroid dienone is 2. The molecule has 3 aromatic rings. The first-order valence-corrected chi connectivity index (χ1v) is 13.1. The molecule has 0 saturated carbocycles. The first-order valence-electron chi connectivity index (χ1n) is 12.7. The Morgan fingerprint density at radius 3 is 2.10 bits per heavy atom. The van der Waals surface area contributed by atoms with Gasteiger partial charge in [0.15, 0.2) is 11.6 Å².